The van der Waals surface area contributed by atoms with Crippen LogP contribution in [0.4, 0.5) is 0 Å². The summed E-state index contributed by atoms with van der Waals surface area (Å²) < 4.78 is 0. The van der Waals surface area contributed by atoms with Gasteiger partial charge in [-0.05, 0) is 31.2 Å². The van der Waals surface area contributed by atoms with Crippen molar-refractivity contribution in [2.24, 2.45) is 5.73 Å². The highest BCUT2D eigenvalue weighted by Crippen LogP contribution is 2.28. The first kappa shape index (κ1) is 16.5. The molecule has 0 aromatic carbocycles. The van der Waals surface area contributed by atoms with Crippen LogP contribution in [0, 0.1) is 0 Å². The van der Waals surface area contributed by atoms with E-state index in [1.165, 1.54) is 11.3 Å². The lowest BCUT2D eigenvalue weighted by Crippen LogP contribution is -2.56. The summed E-state index contributed by atoms with van der Waals surface area (Å²) >= 11 is 1.69. The Morgan fingerprint density at radius 3 is 2.63 bits per heavy atom. The van der Waals surface area contributed by atoms with Crippen LogP contribution >= 0.6 is 23.7 Å². The van der Waals surface area contributed by atoms with Gasteiger partial charge in [-0.1, -0.05) is 25.3 Å². The van der Waals surface area contributed by atoms with Crippen molar-refractivity contribution in [2.75, 3.05) is 6.54 Å². The molecule has 2 rings (SSSR count). The molecule has 0 spiro atoms. The van der Waals surface area contributed by atoms with Crippen LogP contribution in [0.15, 0.2) is 17.5 Å². The van der Waals surface area contributed by atoms with Gasteiger partial charge < -0.3 is 10.6 Å². The summed E-state index contributed by atoms with van der Waals surface area (Å²) in [6.07, 6.45) is 5.06. The van der Waals surface area contributed by atoms with Crippen LogP contribution in [0.1, 0.15) is 43.9 Å². The van der Waals surface area contributed by atoms with Gasteiger partial charge in [-0.25, -0.2) is 0 Å². The third-order valence-corrected chi connectivity index (χ3v) is 4.63. The van der Waals surface area contributed by atoms with Gasteiger partial charge in [0.15, 0.2) is 0 Å². The predicted octanol–water partition coefficient (Wildman–Crippen LogP) is 3.18. The van der Waals surface area contributed by atoms with Crippen molar-refractivity contribution in [3.8, 4) is 0 Å². The van der Waals surface area contributed by atoms with Crippen molar-refractivity contribution in [3.63, 3.8) is 0 Å². The van der Waals surface area contributed by atoms with Crippen molar-refractivity contribution in [3.05, 3.63) is 22.4 Å². The Hall–Kier alpha value is -0.580. The predicted molar refractivity (Wildman–Crippen MR) is 82.7 cm³/mol. The lowest BCUT2D eigenvalue weighted by Gasteiger charge is -2.36. The topological polar surface area (TPSA) is 46.3 Å². The van der Waals surface area contributed by atoms with Crippen LogP contribution in [0.25, 0.3) is 0 Å². The molecule has 0 bridgehead atoms. The second-order valence-electron chi connectivity index (χ2n) is 5.12. The summed E-state index contributed by atoms with van der Waals surface area (Å²) in [7, 11) is 0. The molecule has 1 aromatic rings. The number of hydrogen-bond donors (Lipinski definition) is 1. The van der Waals surface area contributed by atoms with Crippen LogP contribution < -0.4 is 5.73 Å². The van der Waals surface area contributed by atoms with Crippen molar-refractivity contribution < 1.29 is 4.79 Å². The van der Waals surface area contributed by atoms with E-state index < -0.39 is 5.54 Å². The summed E-state index contributed by atoms with van der Waals surface area (Å²) in [4.78, 5) is 15.7. The van der Waals surface area contributed by atoms with Crippen LogP contribution in [-0.2, 0) is 11.3 Å². The number of carbonyl (C=O) groups excluding carboxylic acids is 1. The van der Waals surface area contributed by atoms with E-state index in [9.17, 15) is 4.79 Å². The molecule has 0 aliphatic heterocycles. The molecule has 5 heteroatoms. The first-order valence-corrected chi connectivity index (χ1v) is 7.64. The van der Waals surface area contributed by atoms with E-state index in [4.69, 9.17) is 5.73 Å². The Morgan fingerprint density at radius 1 is 1.42 bits per heavy atom. The molecule has 3 nitrogen and oxygen atoms in total. The average Bonchev–Trinajstić information content (AvgIpc) is 2.89. The molecule has 0 unspecified atom stereocenters. The zero-order valence-electron chi connectivity index (χ0n) is 11.4. The van der Waals surface area contributed by atoms with Gasteiger partial charge in [0, 0.05) is 11.4 Å². The smallest absolute Gasteiger partial charge is 0.242 e. The summed E-state index contributed by atoms with van der Waals surface area (Å²) in [6, 6.07) is 4.10. The molecule has 1 amide bonds. The lowest BCUT2D eigenvalue weighted by atomic mass is 9.81. The van der Waals surface area contributed by atoms with Gasteiger partial charge in [0.2, 0.25) is 5.91 Å². The molecule has 1 aromatic heterocycles. The van der Waals surface area contributed by atoms with Crippen LogP contribution in [0.3, 0.4) is 0 Å². The molecule has 1 aliphatic carbocycles. The van der Waals surface area contributed by atoms with Gasteiger partial charge >= 0.3 is 0 Å². The van der Waals surface area contributed by atoms with E-state index in [1.54, 1.807) is 11.3 Å². The van der Waals surface area contributed by atoms with Crippen LogP contribution in [0.2, 0.25) is 0 Å². The van der Waals surface area contributed by atoms with Gasteiger partial charge in [-0.3, -0.25) is 4.79 Å². The Kier molecular flexibility index (Phi) is 6.30. The standard InChI is InChI=1S/C14H22N2OS.ClH/c1-2-16(11-12-7-6-10-18-12)13(17)14(15)8-4-3-5-9-14;/h6-7,10H,2-5,8-9,11,15H2,1H3;1H. The molecule has 0 atom stereocenters. The highest BCUT2D eigenvalue weighted by Gasteiger charge is 2.37. The van der Waals surface area contributed by atoms with Crippen molar-refractivity contribution in [2.45, 2.75) is 51.1 Å². The van der Waals surface area contributed by atoms with E-state index in [0.29, 0.717) is 6.54 Å². The Labute approximate surface area is 125 Å². The number of hydrogen-bond acceptors (Lipinski definition) is 3. The number of rotatable bonds is 4. The first-order chi connectivity index (χ1) is 8.65. The van der Waals surface area contributed by atoms with Gasteiger partial charge in [0.25, 0.3) is 0 Å². The molecule has 19 heavy (non-hydrogen) atoms. The third-order valence-electron chi connectivity index (χ3n) is 3.77. The minimum absolute atomic E-state index is 0. The maximum atomic E-state index is 12.6. The van der Waals surface area contributed by atoms with Gasteiger partial charge in [0.1, 0.15) is 0 Å². The molecule has 1 fully saturated rings. The zero-order chi connectivity index (χ0) is 13.0. The number of amides is 1. The maximum Gasteiger partial charge on any atom is 0.242 e. The van der Waals surface area contributed by atoms with Crippen molar-refractivity contribution in [1.29, 1.82) is 0 Å². The lowest BCUT2D eigenvalue weighted by molar-refractivity contribution is -0.138. The minimum Gasteiger partial charge on any atom is -0.336 e. The van der Waals surface area contributed by atoms with E-state index >= 15 is 0 Å². The molecule has 2 N–H and O–H groups in total. The van der Waals surface area contributed by atoms with Crippen molar-refractivity contribution in [1.82, 2.24) is 4.90 Å². The van der Waals surface area contributed by atoms with E-state index in [0.717, 1.165) is 32.2 Å². The van der Waals surface area contributed by atoms with Gasteiger partial charge in [0.05, 0.1) is 12.1 Å². The maximum absolute atomic E-state index is 12.6. The summed E-state index contributed by atoms with van der Waals surface area (Å²) in [5.74, 6) is 0.137. The number of nitrogens with zero attached hydrogens (tertiary/aromatic N) is 1. The average molecular weight is 303 g/mol. The Balaban J connectivity index is 0.00000180. The fraction of sp³-hybridized carbons (Fsp3) is 0.643. The fourth-order valence-corrected chi connectivity index (χ4v) is 3.35. The van der Waals surface area contributed by atoms with Crippen molar-refractivity contribution >= 4 is 29.7 Å². The van der Waals surface area contributed by atoms with E-state index in [-0.39, 0.29) is 18.3 Å². The first-order valence-electron chi connectivity index (χ1n) is 6.76. The second-order valence-corrected chi connectivity index (χ2v) is 6.15. The normalized spacial score (nSPS) is 17.6. The largest absolute Gasteiger partial charge is 0.336 e. The van der Waals surface area contributed by atoms with Gasteiger partial charge in [-0.2, -0.15) is 0 Å². The second kappa shape index (κ2) is 7.27. The highest BCUT2D eigenvalue weighted by atomic mass is 35.5. The molecule has 0 radical (unpaired) electrons. The molecular weight excluding hydrogens is 280 g/mol. The molecule has 1 heterocycles. The number of halogens is 1. The van der Waals surface area contributed by atoms with Gasteiger partial charge in [-0.15, -0.1) is 23.7 Å². The molecule has 0 saturated heterocycles. The SMILES string of the molecule is CCN(Cc1cccs1)C(=O)C1(N)CCCCC1.Cl. The number of nitrogens with two attached hydrogens (primary N) is 1. The molecular formula is C14H23ClN2OS. The molecule has 1 aliphatic rings. The summed E-state index contributed by atoms with van der Waals surface area (Å²) in [5.41, 5.74) is 5.71. The van der Waals surface area contributed by atoms with E-state index in [2.05, 4.69) is 6.07 Å². The highest BCUT2D eigenvalue weighted by molar-refractivity contribution is 7.09. The molecule has 108 valence electrons. The zero-order valence-corrected chi connectivity index (χ0v) is 13.1. The third kappa shape index (κ3) is 3.94. The number of likely N-dealkylation sites (N-methyl/N-ethyl adjacent to an activating group) is 1. The van der Waals surface area contributed by atoms with Crippen LogP contribution in [0.5, 0.6) is 0 Å². The number of carbonyl (C=O) groups is 1. The summed E-state index contributed by atoms with van der Waals surface area (Å²) in [5, 5.41) is 2.05. The summed E-state index contributed by atoms with van der Waals surface area (Å²) in [6.45, 7) is 3.46. The minimum atomic E-state index is -0.606. The molecule has 1 saturated carbocycles. The van der Waals surface area contributed by atoms with E-state index in [1.807, 2.05) is 23.3 Å². The monoisotopic (exact) mass is 302 g/mol. The fourth-order valence-electron chi connectivity index (χ4n) is 2.63. The Bertz CT molecular complexity index is 388. The number of thiophene rings is 1. The quantitative estimate of drug-likeness (QED) is 0.928. The van der Waals surface area contributed by atoms with Crippen LogP contribution in [-0.4, -0.2) is 22.9 Å². The Morgan fingerprint density at radius 2 is 2.11 bits per heavy atom.